The van der Waals surface area contributed by atoms with E-state index >= 15 is 0 Å². The Balaban J connectivity index is 0.000000190. The number of fused-ring (bicyclic) bond motifs is 1. The predicted molar refractivity (Wildman–Crippen MR) is 131 cm³/mol. The van der Waals surface area contributed by atoms with Crippen molar-refractivity contribution in [2.45, 2.75) is 43.9 Å². The summed E-state index contributed by atoms with van der Waals surface area (Å²) < 4.78 is 0.650. The molecule has 3 heterocycles. The molecule has 2 aromatic carbocycles. The number of allylic oxidation sites excluding steroid dienone is 6. The summed E-state index contributed by atoms with van der Waals surface area (Å²) >= 11 is 1.59. The average Bonchev–Trinajstić information content (AvgIpc) is 3.45. The molecule has 3 aliphatic heterocycles. The third kappa shape index (κ3) is 4.10. The number of hydrogen-bond donors (Lipinski definition) is 0. The van der Waals surface area contributed by atoms with Gasteiger partial charge in [-0.3, -0.25) is 4.99 Å². The molecule has 0 N–H and O–H groups in total. The van der Waals surface area contributed by atoms with Crippen molar-refractivity contribution in [1.82, 2.24) is 0 Å². The number of nitrogens with zero attached hydrogens (tertiary/aromatic N) is 1. The maximum Gasteiger partial charge on any atom is -1.00 e. The van der Waals surface area contributed by atoms with E-state index in [4.69, 9.17) is 0 Å². The maximum atomic E-state index is 4.19. The van der Waals surface area contributed by atoms with Crippen LogP contribution in [0, 0.1) is 0 Å². The van der Waals surface area contributed by atoms with Crippen LogP contribution in [0.1, 0.15) is 41.1 Å². The molecule has 2 bridgehead atoms. The van der Waals surface area contributed by atoms with Crippen molar-refractivity contribution in [3.05, 3.63) is 98.0 Å². The minimum atomic E-state index is -1.11. The molecule has 0 saturated carbocycles. The van der Waals surface area contributed by atoms with E-state index in [-0.39, 0.29) is 24.8 Å². The number of hydrogen-bond acceptors (Lipinski definition) is 1. The van der Waals surface area contributed by atoms with Gasteiger partial charge < -0.3 is 24.8 Å². The summed E-state index contributed by atoms with van der Waals surface area (Å²) in [7, 11) is -1.11. The van der Waals surface area contributed by atoms with E-state index in [2.05, 4.69) is 87.4 Å². The summed E-state index contributed by atoms with van der Waals surface area (Å²) in [5.41, 5.74) is 13.0. The molecular weight excluding hydrogens is 541 g/mol. The van der Waals surface area contributed by atoms with Gasteiger partial charge in [-0.25, -0.2) is 0 Å². The first-order valence-electron chi connectivity index (χ1n) is 11.2. The Bertz CT molecular complexity index is 1260. The Morgan fingerprint density at radius 2 is 1.67 bits per heavy atom. The van der Waals surface area contributed by atoms with Gasteiger partial charge >= 0.3 is 131 Å². The van der Waals surface area contributed by atoms with Gasteiger partial charge in [0, 0.05) is 23.6 Å². The van der Waals surface area contributed by atoms with Crippen LogP contribution in [0.4, 0.5) is 0 Å². The van der Waals surface area contributed by atoms with Crippen LogP contribution < -0.4 is 24.8 Å². The van der Waals surface area contributed by atoms with E-state index in [0.29, 0.717) is 3.63 Å². The Hall–Kier alpha value is -1.25. The van der Waals surface area contributed by atoms with Gasteiger partial charge in [0.15, 0.2) is 0 Å². The smallest absolute Gasteiger partial charge is 1.00 e. The van der Waals surface area contributed by atoms with Crippen LogP contribution in [0.15, 0.2) is 86.3 Å². The van der Waals surface area contributed by atoms with Gasteiger partial charge in [0.2, 0.25) is 0 Å². The molecule has 0 aromatic heterocycles. The van der Waals surface area contributed by atoms with E-state index in [1.165, 1.54) is 44.5 Å². The van der Waals surface area contributed by atoms with Crippen LogP contribution >= 0.6 is 0 Å². The quantitative estimate of drug-likeness (QED) is 0.485. The van der Waals surface area contributed by atoms with Crippen molar-refractivity contribution in [3.8, 4) is 11.1 Å². The fourth-order valence-corrected chi connectivity index (χ4v) is 10.4. The Labute approximate surface area is 226 Å². The molecule has 0 saturated heterocycles. The van der Waals surface area contributed by atoms with Crippen molar-refractivity contribution in [2.24, 2.45) is 4.99 Å². The number of benzene rings is 2. The molecule has 2 aliphatic carbocycles. The summed E-state index contributed by atoms with van der Waals surface area (Å²) in [6, 6.07) is 15.7. The van der Waals surface area contributed by atoms with Crippen LogP contribution in [-0.2, 0) is 31.1 Å². The predicted octanol–water partition coefficient (Wildman–Crippen LogP) is 1.31. The Morgan fingerprint density at radius 3 is 2.27 bits per heavy atom. The normalized spacial score (nSPS) is 20.0. The SMILES string of the molecule is CC1=C2C3=CN=CC3=C1[Si]2(C)C.CCc1ccc(-c2cccc3c2C=C(C)[CH]3[Zr+2])cc1.[Cl-].[Cl-]. The second-order valence-electron chi connectivity index (χ2n) is 9.41. The monoisotopic (exact) mass is 566 g/mol. The molecule has 0 radical (unpaired) electrons. The topological polar surface area (TPSA) is 12.4 Å². The first-order valence-corrected chi connectivity index (χ1v) is 15.6. The van der Waals surface area contributed by atoms with Crippen LogP contribution in [0.2, 0.25) is 13.1 Å². The van der Waals surface area contributed by atoms with Crippen molar-refractivity contribution < 1.29 is 49.5 Å². The molecule has 5 heteroatoms. The average molecular weight is 569 g/mol. The van der Waals surface area contributed by atoms with E-state index < -0.39 is 8.07 Å². The van der Waals surface area contributed by atoms with Gasteiger partial charge in [0.05, 0.1) is 0 Å². The molecule has 7 rings (SSSR count). The first kappa shape index (κ1) is 26.4. The molecule has 5 aliphatic rings. The summed E-state index contributed by atoms with van der Waals surface area (Å²) in [5, 5.41) is 3.31. The van der Waals surface area contributed by atoms with Gasteiger partial charge in [0.25, 0.3) is 0 Å². The van der Waals surface area contributed by atoms with Gasteiger partial charge in [-0.15, -0.1) is 0 Å². The van der Waals surface area contributed by atoms with Crippen molar-refractivity contribution in [1.29, 1.82) is 0 Å². The third-order valence-electron chi connectivity index (χ3n) is 7.19. The van der Waals surface area contributed by atoms with Crippen molar-refractivity contribution in [2.75, 3.05) is 0 Å². The Morgan fingerprint density at radius 1 is 0.970 bits per heavy atom. The van der Waals surface area contributed by atoms with E-state index in [0.717, 1.165) is 6.42 Å². The zero-order valence-electron chi connectivity index (χ0n) is 19.8. The number of aliphatic imine (C=N–C) groups is 1. The molecule has 1 atom stereocenters. The molecule has 0 amide bonds. The van der Waals surface area contributed by atoms with E-state index in [1.807, 2.05) is 12.4 Å². The van der Waals surface area contributed by atoms with E-state index in [9.17, 15) is 0 Å². The fraction of sp³-hybridized carbons (Fsp3) is 0.250. The zero-order valence-corrected chi connectivity index (χ0v) is 24.7. The Kier molecular flexibility index (Phi) is 7.81. The summed E-state index contributed by atoms with van der Waals surface area (Å²) in [5.74, 6) is 0. The van der Waals surface area contributed by atoms with Gasteiger partial charge in [-0.1, -0.05) is 18.7 Å². The van der Waals surface area contributed by atoms with Crippen LogP contribution in [0.5, 0.6) is 0 Å². The van der Waals surface area contributed by atoms with Crippen molar-refractivity contribution >= 4 is 20.4 Å². The largest absolute Gasteiger partial charge is 1.00 e. The summed E-state index contributed by atoms with van der Waals surface area (Å²) in [4.78, 5) is 4.19. The van der Waals surface area contributed by atoms with E-state index in [1.54, 1.807) is 40.7 Å². The summed E-state index contributed by atoms with van der Waals surface area (Å²) in [6.45, 7) is 11.6. The van der Waals surface area contributed by atoms with Gasteiger partial charge in [-0.2, -0.15) is 0 Å². The standard InChI is InChI=1S/C18H17.C10H11NSi.2ClH.Zr/c1-3-14-7-9-15(10-8-14)17-6-4-5-16-11-13(2)12-18(16)17;1-6-9-7-4-11-5-8(7)10(6)12(9,2)3;;;/h4-12H,3H2,1-2H3;4-5H,1-3H3;2*1H;/q;;;;+2/p-2. The fourth-order valence-electron chi connectivity index (χ4n) is 5.65. The van der Waals surface area contributed by atoms with Crippen LogP contribution in [0.3, 0.4) is 0 Å². The minimum absolute atomic E-state index is 0. The second kappa shape index (κ2) is 9.78. The molecule has 1 unspecified atom stereocenters. The first-order chi connectivity index (χ1) is 14.8. The summed E-state index contributed by atoms with van der Waals surface area (Å²) in [6.07, 6.45) is 7.54. The molecule has 0 spiro atoms. The minimum Gasteiger partial charge on any atom is -1.00 e. The van der Waals surface area contributed by atoms with Gasteiger partial charge in [-0.05, 0) is 17.3 Å². The number of halogens is 2. The maximum absolute atomic E-state index is 4.19. The number of rotatable bonds is 2. The van der Waals surface area contributed by atoms with Crippen LogP contribution in [-0.4, -0.2) is 14.3 Å². The molecule has 1 nitrogen and oxygen atoms in total. The molecule has 2 aromatic rings. The van der Waals surface area contributed by atoms with Crippen LogP contribution in [0.25, 0.3) is 17.2 Å². The van der Waals surface area contributed by atoms with Gasteiger partial charge in [0.1, 0.15) is 8.07 Å². The van der Waals surface area contributed by atoms with Crippen molar-refractivity contribution in [3.63, 3.8) is 0 Å². The number of aryl methyl sites for hydroxylation is 1. The third-order valence-corrected chi connectivity index (χ3v) is 12.9. The second-order valence-corrected chi connectivity index (χ2v) is 15.1. The molecular formula is C28H28Cl2NSiZr. The molecule has 0 fully saturated rings. The zero-order chi connectivity index (χ0) is 21.9. The molecule has 167 valence electrons. The molecule has 33 heavy (non-hydrogen) atoms.